The molecule has 0 atom stereocenters. The van der Waals surface area contributed by atoms with Gasteiger partial charge in [-0.2, -0.15) is 0 Å². The number of nitrogens with zero attached hydrogens (tertiary/aromatic N) is 3. The summed E-state index contributed by atoms with van der Waals surface area (Å²) < 4.78 is 0. The summed E-state index contributed by atoms with van der Waals surface area (Å²) in [6.45, 7) is 6.55. The van der Waals surface area contributed by atoms with Crippen LogP contribution in [0.2, 0.25) is 0 Å². The average Bonchev–Trinajstić information content (AvgIpc) is 3.26. The van der Waals surface area contributed by atoms with Gasteiger partial charge in [0.1, 0.15) is 11.5 Å². The number of rotatable bonds is 7. The predicted octanol–water partition coefficient (Wildman–Crippen LogP) is 2.17. The summed E-state index contributed by atoms with van der Waals surface area (Å²) in [5.41, 5.74) is 0.435. The molecule has 1 saturated carbocycles. The van der Waals surface area contributed by atoms with Crippen LogP contribution in [0.5, 0.6) is 0 Å². The number of hydrogen-bond acceptors (Lipinski definition) is 4. The lowest BCUT2D eigenvalue weighted by atomic mass is 10.3. The van der Waals surface area contributed by atoms with Crippen LogP contribution in [0.3, 0.4) is 0 Å². The second kappa shape index (κ2) is 6.50. The molecule has 1 N–H and O–H groups in total. The maximum absolute atomic E-state index is 12.3. The van der Waals surface area contributed by atoms with Gasteiger partial charge in [0, 0.05) is 19.6 Å². The van der Waals surface area contributed by atoms with Crippen LogP contribution in [0.1, 0.15) is 43.6 Å². The molecule has 0 spiro atoms. The topological polar surface area (TPSA) is 58.1 Å². The molecular formula is C14H22N4O. The zero-order valence-electron chi connectivity index (χ0n) is 11.7. The predicted molar refractivity (Wildman–Crippen MR) is 75.1 cm³/mol. The molecule has 0 bridgehead atoms. The summed E-state index contributed by atoms with van der Waals surface area (Å²) >= 11 is 0. The number of anilines is 1. The molecule has 2 rings (SSSR count). The SMILES string of the molecule is CCCNc1cnc(C(=O)N(CC)CC2CC2)cn1. The Hall–Kier alpha value is -1.65. The van der Waals surface area contributed by atoms with Crippen LogP contribution in [0.4, 0.5) is 5.82 Å². The van der Waals surface area contributed by atoms with Crippen molar-refractivity contribution in [1.29, 1.82) is 0 Å². The van der Waals surface area contributed by atoms with Crippen molar-refractivity contribution in [3.05, 3.63) is 18.1 Å². The molecule has 19 heavy (non-hydrogen) atoms. The van der Waals surface area contributed by atoms with Crippen molar-refractivity contribution >= 4 is 11.7 Å². The first kappa shape index (κ1) is 13.8. The maximum atomic E-state index is 12.3. The lowest BCUT2D eigenvalue weighted by Gasteiger charge is -2.20. The van der Waals surface area contributed by atoms with Crippen molar-refractivity contribution in [2.75, 3.05) is 25.0 Å². The highest BCUT2D eigenvalue weighted by Gasteiger charge is 2.26. The van der Waals surface area contributed by atoms with Gasteiger partial charge < -0.3 is 10.2 Å². The van der Waals surface area contributed by atoms with E-state index in [0.717, 1.165) is 31.9 Å². The summed E-state index contributed by atoms with van der Waals surface area (Å²) in [6, 6.07) is 0. The fraction of sp³-hybridized carbons (Fsp3) is 0.643. The third-order valence-electron chi connectivity index (χ3n) is 3.27. The van der Waals surface area contributed by atoms with Gasteiger partial charge in [0.05, 0.1) is 12.4 Å². The number of hydrogen-bond donors (Lipinski definition) is 1. The zero-order valence-corrected chi connectivity index (χ0v) is 11.7. The Morgan fingerprint density at radius 2 is 2.16 bits per heavy atom. The molecule has 0 unspecified atom stereocenters. The normalized spacial score (nSPS) is 14.2. The van der Waals surface area contributed by atoms with E-state index >= 15 is 0 Å². The highest BCUT2D eigenvalue weighted by molar-refractivity contribution is 5.92. The summed E-state index contributed by atoms with van der Waals surface area (Å²) in [5.74, 6) is 1.41. The molecule has 104 valence electrons. The van der Waals surface area contributed by atoms with Crippen molar-refractivity contribution in [2.45, 2.75) is 33.1 Å². The van der Waals surface area contributed by atoms with Crippen molar-refractivity contribution in [2.24, 2.45) is 5.92 Å². The Balaban J connectivity index is 1.96. The van der Waals surface area contributed by atoms with E-state index in [2.05, 4.69) is 22.2 Å². The standard InChI is InChI=1S/C14H22N4O/c1-3-7-15-13-9-16-12(8-17-13)14(19)18(4-2)10-11-5-6-11/h8-9,11H,3-7,10H2,1-2H3,(H,15,17). The number of nitrogens with one attached hydrogen (secondary N) is 1. The maximum Gasteiger partial charge on any atom is 0.274 e. The molecule has 1 aliphatic rings. The van der Waals surface area contributed by atoms with Crippen LogP contribution in [0.15, 0.2) is 12.4 Å². The van der Waals surface area contributed by atoms with Crippen molar-refractivity contribution in [3.8, 4) is 0 Å². The molecule has 0 aromatic carbocycles. The van der Waals surface area contributed by atoms with Crippen LogP contribution in [0, 0.1) is 5.92 Å². The van der Waals surface area contributed by atoms with Crippen LogP contribution in [-0.2, 0) is 0 Å². The van der Waals surface area contributed by atoms with Gasteiger partial charge in [-0.15, -0.1) is 0 Å². The Labute approximate surface area is 114 Å². The molecule has 0 saturated heterocycles. The minimum atomic E-state index is -0.0102. The van der Waals surface area contributed by atoms with E-state index in [9.17, 15) is 4.79 Å². The van der Waals surface area contributed by atoms with E-state index in [1.807, 2.05) is 11.8 Å². The number of aromatic nitrogens is 2. The zero-order chi connectivity index (χ0) is 13.7. The Kier molecular flexibility index (Phi) is 4.71. The van der Waals surface area contributed by atoms with Crippen LogP contribution < -0.4 is 5.32 Å². The molecule has 1 aromatic heterocycles. The van der Waals surface area contributed by atoms with Crippen molar-refractivity contribution in [1.82, 2.24) is 14.9 Å². The third-order valence-corrected chi connectivity index (χ3v) is 3.27. The first-order valence-corrected chi connectivity index (χ1v) is 7.09. The molecule has 1 heterocycles. The van der Waals surface area contributed by atoms with Gasteiger partial charge in [-0.3, -0.25) is 4.79 Å². The summed E-state index contributed by atoms with van der Waals surface area (Å²) in [4.78, 5) is 22.6. The first-order valence-electron chi connectivity index (χ1n) is 7.09. The molecule has 0 aliphatic heterocycles. The van der Waals surface area contributed by atoms with E-state index in [1.54, 1.807) is 12.4 Å². The molecule has 1 aromatic rings. The fourth-order valence-corrected chi connectivity index (χ4v) is 1.91. The second-order valence-corrected chi connectivity index (χ2v) is 5.00. The van der Waals surface area contributed by atoms with E-state index in [1.165, 1.54) is 12.8 Å². The highest BCUT2D eigenvalue weighted by Crippen LogP contribution is 2.29. The highest BCUT2D eigenvalue weighted by atomic mass is 16.2. The molecule has 1 aliphatic carbocycles. The first-order chi connectivity index (χ1) is 9.24. The third kappa shape index (κ3) is 3.91. The molecule has 5 nitrogen and oxygen atoms in total. The Bertz CT molecular complexity index is 414. The smallest absolute Gasteiger partial charge is 0.274 e. The van der Waals surface area contributed by atoms with Crippen LogP contribution in [0.25, 0.3) is 0 Å². The fourth-order valence-electron chi connectivity index (χ4n) is 1.91. The lowest BCUT2D eigenvalue weighted by molar-refractivity contribution is 0.0750. The summed E-state index contributed by atoms with van der Waals surface area (Å²) in [7, 11) is 0. The van der Waals surface area contributed by atoms with Gasteiger partial charge in [0.15, 0.2) is 0 Å². The molecular weight excluding hydrogens is 240 g/mol. The van der Waals surface area contributed by atoms with Gasteiger partial charge in [-0.25, -0.2) is 9.97 Å². The molecule has 0 radical (unpaired) electrons. The lowest BCUT2D eigenvalue weighted by Crippen LogP contribution is -2.33. The average molecular weight is 262 g/mol. The van der Waals surface area contributed by atoms with Crippen LogP contribution >= 0.6 is 0 Å². The van der Waals surface area contributed by atoms with Gasteiger partial charge in [-0.05, 0) is 32.1 Å². The second-order valence-electron chi connectivity index (χ2n) is 5.00. The van der Waals surface area contributed by atoms with E-state index in [-0.39, 0.29) is 5.91 Å². The van der Waals surface area contributed by atoms with Gasteiger partial charge in [-0.1, -0.05) is 6.92 Å². The molecule has 1 amide bonds. The number of carbonyl (C=O) groups excluding carboxylic acids is 1. The minimum Gasteiger partial charge on any atom is -0.369 e. The Morgan fingerprint density at radius 1 is 1.37 bits per heavy atom. The number of carbonyl (C=O) groups is 1. The van der Waals surface area contributed by atoms with Gasteiger partial charge in [0.25, 0.3) is 5.91 Å². The summed E-state index contributed by atoms with van der Waals surface area (Å²) in [5, 5.41) is 3.15. The van der Waals surface area contributed by atoms with E-state index in [4.69, 9.17) is 0 Å². The van der Waals surface area contributed by atoms with E-state index < -0.39 is 0 Å². The van der Waals surface area contributed by atoms with Gasteiger partial charge >= 0.3 is 0 Å². The van der Waals surface area contributed by atoms with Gasteiger partial charge in [0.2, 0.25) is 0 Å². The van der Waals surface area contributed by atoms with Crippen molar-refractivity contribution in [3.63, 3.8) is 0 Å². The molecule has 1 fully saturated rings. The Morgan fingerprint density at radius 3 is 2.68 bits per heavy atom. The van der Waals surface area contributed by atoms with Crippen molar-refractivity contribution < 1.29 is 4.79 Å². The monoisotopic (exact) mass is 262 g/mol. The largest absolute Gasteiger partial charge is 0.369 e. The summed E-state index contributed by atoms with van der Waals surface area (Å²) in [6.07, 6.45) is 6.72. The molecule has 5 heteroatoms. The number of amides is 1. The quantitative estimate of drug-likeness (QED) is 0.818. The minimum absolute atomic E-state index is 0.0102. The van der Waals surface area contributed by atoms with Crippen LogP contribution in [-0.4, -0.2) is 40.4 Å². The van der Waals surface area contributed by atoms with E-state index in [0.29, 0.717) is 11.6 Å².